The van der Waals surface area contributed by atoms with Crippen LogP contribution in [0.25, 0.3) is 0 Å². The maximum absolute atomic E-state index is 11.4. The lowest BCUT2D eigenvalue weighted by Crippen LogP contribution is -2.35. The molecule has 4 nitrogen and oxygen atoms in total. The fraction of sp³-hybridized carbons (Fsp3) is 0.400. The van der Waals surface area contributed by atoms with Crippen LogP contribution >= 0.6 is 0 Å². The van der Waals surface area contributed by atoms with E-state index < -0.39 is 0 Å². The van der Waals surface area contributed by atoms with Crippen LogP contribution in [0.3, 0.4) is 0 Å². The number of carbonyl (C=O) groups is 1. The third kappa shape index (κ3) is 5.56. The molecule has 1 rings (SSSR count). The lowest BCUT2D eigenvalue weighted by molar-refractivity contribution is -0.121. The lowest BCUT2D eigenvalue weighted by Gasteiger charge is -2.19. The molecule has 0 saturated heterocycles. The van der Waals surface area contributed by atoms with Gasteiger partial charge in [-0.05, 0) is 24.2 Å². The minimum Gasteiger partial charge on any atom is -0.384 e. The largest absolute Gasteiger partial charge is 0.384 e. The van der Waals surface area contributed by atoms with Crippen LogP contribution < -0.4 is 5.32 Å². The van der Waals surface area contributed by atoms with Gasteiger partial charge >= 0.3 is 0 Å². The molecule has 19 heavy (non-hydrogen) atoms. The molecule has 0 fully saturated rings. The summed E-state index contributed by atoms with van der Waals surface area (Å²) < 4.78 is 0. The third-order valence-electron chi connectivity index (χ3n) is 2.74. The zero-order valence-corrected chi connectivity index (χ0v) is 11.4. The highest BCUT2D eigenvalue weighted by Crippen LogP contribution is 2.07. The van der Waals surface area contributed by atoms with Crippen molar-refractivity contribution < 1.29 is 9.90 Å². The maximum Gasteiger partial charge on any atom is 0.233 e. The van der Waals surface area contributed by atoms with Gasteiger partial charge in [-0.1, -0.05) is 30.9 Å². The molecule has 1 aromatic carbocycles. The second-order valence-corrected chi connectivity index (χ2v) is 4.14. The van der Waals surface area contributed by atoms with E-state index in [9.17, 15) is 4.79 Å². The van der Waals surface area contributed by atoms with Crippen LogP contribution in [0, 0.1) is 11.8 Å². The van der Waals surface area contributed by atoms with E-state index in [1.54, 1.807) is 7.05 Å². The van der Waals surface area contributed by atoms with Crippen LogP contribution in [0.2, 0.25) is 0 Å². The minimum atomic E-state index is -0.137. The summed E-state index contributed by atoms with van der Waals surface area (Å²) in [6.45, 7) is 3.79. The Morgan fingerprint density at radius 3 is 2.89 bits per heavy atom. The highest BCUT2D eigenvalue weighted by molar-refractivity contribution is 5.77. The van der Waals surface area contributed by atoms with Crippen LogP contribution in [0.15, 0.2) is 24.3 Å². The fourth-order valence-electron chi connectivity index (χ4n) is 1.71. The van der Waals surface area contributed by atoms with Crippen molar-refractivity contribution in [3.8, 4) is 11.8 Å². The van der Waals surface area contributed by atoms with Gasteiger partial charge in [0.1, 0.15) is 6.61 Å². The van der Waals surface area contributed by atoms with Crippen molar-refractivity contribution in [2.45, 2.75) is 13.5 Å². The van der Waals surface area contributed by atoms with Crippen molar-refractivity contribution >= 4 is 5.91 Å². The average molecular weight is 260 g/mol. The molecule has 0 saturated carbocycles. The molecule has 0 aromatic heterocycles. The van der Waals surface area contributed by atoms with E-state index in [0.717, 1.165) is 17.7 Å². The highest BCUT2D eigenvalue weighted by atomic mass is 16.2. The van der Waals surface area contributed by atoms with Gasteiger partial charge in [-0.3, -0.25) is 9.69 Å². The van der Waals surface area contributed by atoms with E-state index in [2.05, 4.69) is 22.1 Å². The molecule has 0 spiro atoms. The Morgan fingerprint density at radius 2 is 2.26 bits per heavy atom. The standard InChI is InChI=1S/C15H20N2O2/c1-3-17(12-15(19)16-2)11-14-7-4-6-13(10-14)8-5-9-18/h4,6-7,10,18H,3,9,11-12H2,1-2H3,(H,16,19). The van der Waals surface area contributed by atoms with Crippen molar-refractivity contribution in [2.75, 3.05) is 26.7 Å². The van der Waals surface area contributed by atoms with Crippen molar-refractivity contribution in [2.24, 2.45) is 0 Å². The number of rotatable bonds is 5. The SMILES string of the molecule is CCN(CC(=O)NC)Cc1cccc(C#CCO)c1. The molecule has 2 N–H and O–H groups in total. The number of hydrogen-bond acceptors (Lipinski definition) is 3. The van der Waals surface area contributed by atoms with Crippen LogP contribution in [0.4, 0.5) is 0 Å². The minimum absolute atomic E-state index is 0.0121. The van der Waals surface area contributed by atoms with Crippen LogP contribution in [-0.4, -0.2) is 42.7 Å². The zero-order chi connectivity index (χ0) is 14.1. The second-order valence-electron chi connectivity index (χ2n) is 4.14. The van der Waals surface area contributed by atoms with Crippen molar-refractivity contribution in [1.82, 2.24) is 10.2 Å². The maximum atomic E-state index is 11.4. The number of aliphatic hydroxyl groups excluding tert-OH is 1. The molecule has 0 aliphatic rings. The first-order valence-electron chi connectivity index (χ1n) is 6.31. The molecule has 0 aliphatic heterocycles. The molecular weight excluding hydrogens is 240 g/mol. The van der Waals surface area contributed by atoms with Crippen LogP contribution in [-0.2, 0) is 11.3 Å². The Hall–Kier alpha value is -1.83. The number of aliphatic hydroxyl groups is 1. The third-order valence-corrected chi connectivity index (χ3v) is 2.74. The summed E-state index contributed by atoms with van der Waals surface area (Å²) in [5.41, 5.74) is 1.98. The van der Waals surface area contributed by atoms with E-state index in [4.69, 9.17) is 5.11 Å². The van der Waals surface area contributed by atoms with E-state index >= 15 is 0 Å². The molecule has 102 valence electrons. The number of nitrogens with one attached hydrogen (secondary N) is 1. The number of amides is 1. The van der Waals surface area contributed by atoms with Gasteiger partial charge in [0.2, 0.25) is 5.91 Å². The Balaban J connectivity index is 2.71. The quantitative estimate of drug-likeness (QED) is 0.762. The predicted molar refractivity (Wildman–Crippen MR) is 75.4 cm³/mol. The van der Waals surface area contributed by atoms with Gasteiger partial charge in [-0.25, -0.2) is 0 Å². The summed E-state index contributed by atoms with van der Waals surface area (Å²) in [5, 5.41) is 11.3. The van der Waals surface area contributed by atoms with E-state index in [1.807, 2.05) is 31.2 Å². The molecule has 1 amide bonds. The summed E-state index contributed by atoms with van der Waals surface area (Å²) in [4.78, 5) is 13.4. The van der Waals surface area contributed by atoms with Gasteiger partial charge < -0.3 is 10.4 Å². The number of carbonyl (C=O) groups excluding carboxylic acids is 1. The van der Waals surface area contributed by atoms with Gasteiger partial charge in [0.05, 0.1) is 6.54 Å². The summed E-state index contributed by atoms with van der Waals surface area (Å²) in [6, 6.07) is 7.83. The normalized spacial score (nSPS) is 9.89. The van der Waals surface area contributed by atoms with E-state index in [0.29, 0.717) is 13.1 Å². The number of nitrogens with zero attached hydrogens (tertiary/aromatic N) is 1. The van der Waals surface area contributed by atoms with Gasteiger partial charge in [0.25, 0.3) is 0 Å². The van der Waals surface area contributed by atoms with E-state index in [1.165, 1.54) is 0 Å². The molecular formula is C15H20N2O2. The smallest absolute Gasteiger partial charge is 0.233 e. The average Bonchev–Trinajstić information content (AvgIpc) is 2.44. The van der Waals surface area contributed by atoms with E-state index in [-0.39, 0.29) is 12.5 Å². The van der Waals surface area contributed by atoms with Gasteiger partial charge in [-0.15, -0.1) is 0 Å². The Labute approximate surface area is 114 Å². The molecule has 0 aliphatic carbocycles. The van der Waals surface area contributed by atoms with Crippen LogP contribution in [0.5, 0.6) is 0 Å². The lowest BCUT2D eigenvalue weighted by atomic mass is 10.1. The zero-order valence-electron chi connectivity index (χ0n) is 11.4. The molecule has 0 heterocycles. The summed E-state index contributed by atoms with van der Waals surface area (Å²) in [6.07, 6.45) is 0. The Kier molecular flexibility index (Phi) is 6.65. The summed E-state index contributed by atoms with van der Waals surface area (Å²) >= 11 is 0. The Bertz CT molecular complexity index is 475. The molecule has 0 unspecified atom stereocenters. The first-order valence-corrected chi connectivity index (χ1v) is 6.31. The number of benzene rings is 1. The number of likely N-dealkylation sites (N-methyl/N-ethyl adjacent to an activating group) is 2. The van der Waals surface area contributed by atoms with Gasteiger partial charge in [0.15, 0.2) is 0 Å². The predicted octanol–water partition coefficient (Wildman–Crippen LogP) is 0.598. The highest BCUT2D eigenvalue weighted by Gasteiger charge is 2.08. The topological polar surface area (TPSA) is 52.6 Å². The molecule has 0 atom stereocenters. The van der Waals surface area contributed by atoms with Crippen molar-refractivity contribution in [1.29, 1.82) is 0 Å². The van der Waals surface area contributed by atoms with Crippen molar-refractivity contribution in [3.05, 3.63) is 35.4 Å². The first-order chi connectivity index (χ1) is 9.19. The molecule has 0 radical (unpaired) electrons. The van der Waals surface area contributed by atoms with Crippen LogP contribution in [0.1, 0.15) is 18.1 Å². The van der Waals surface area contributed by atoms with Crippen molar-refractivity contribution in [3.63, 3.8) is 0 Å². The number of hydrogen-bond donors (Lipinski definition) is 2. The second kappa shape index (κ2) is 8.30. The van der Waals surface area contributed by atoms with Gasteiger partial charge in [-0.2, -0.15) is 0 Å². The fourth-order valence-corrected chi connectivity index (χ4v) is 1.71. The molecule has 1 aromatic rings. The Morgan fingerprint density at radius 1 is 1.47 bits per heavy atom. The first kappa shape index (κ1) is 15.2. The monoisotopic (exact) mass is 260 g/mol. The molecule has 0 bridgehead atoms. The van der Waals surface area contributed by atoms with Gasteiger partial charge in [0, 0.05) is 19.2 Å². The summed E-state index contributed by atoms with van der Waals surface area (Å²) in [5.74, 6) is 5.52. The molecule has 4 heteroatoms. The summed E-state index contributed by atoms with van der Waals surface area (Å²) in [7, 11) is 1.64.